The maximum absolute atomic E-state index is 11.0. The molecule has 0 bridgehead atoms. The summed E-state index contributed by atoms with van der Waals surface area (Å²) in [5.41, 5.74) is 0.900. The Bertz CT molecular complexity index is 596. The van der Waals surface area contributed by atoms with Gasteiger partial charge in [0.25, 0.3) is 5.22 Å². The number of esters is 2. The van der Waals surface area contributed by atoms with Crippen LogP contribution in [0.3, 0.4) is 0 Å². The lowest BCUT2D eigenvalue weighted by atomic mass is 10.3. The lowest BCUT2D eigenvalue weighted by Gasteiger charge is -2.07. The van der Waals surface area contributed by atoms with Crippen molar-refractivity contribution in [1.82, 2.24) is 4.98 Å². The maximum atomic E-state index is 11.0. The maximum Gasteiger partial charge on any atom is 0.308 e. The van der Waals surface area contributed by atoms with Crippen LogP contribution in [0.15, 0.2) is 21.8 Å². The first kappa shape index (κ1) is 13.4. The van der Waals surface area contributed by atoms with Crippen molar-refractivity contribution >= 4 is 34.8 Å². The monoisotopic (exact) mass is 280 g/mol. The van der Waals surface area contributed by atoms with E-state index in [0.29, 0.717) is 16.3 Å². The molecule has 2 rings (SSSR count). The summed E-state index contributed by atoms with van der Waals surface area (Å²) < 4.78 is 15.3. The van der Waals surface area contributed by atoms with Gasteiger partial charge in [-0.05, 0) is 0 Å². The summed E-state index contributed by atoms with van der Waals surface area (Å²) in [4.78, 5) is 26.2. The summed E-state index contributed by atoms with van der Waals surface area (Å²) >= 11 is 1.09. The van der Waals surface area contributed by atoms with E-state index in [0.717, 1.165) is 11.8 Å². The number of carbonyl (C=O) groups excluding carboxylic acids is 2. The molecule has 6 nitrogen and oxygen atoms in total. The number of thioether (sulfide) groups is 1. The number of carbonyl (C=O) groups is 2. The molecule has 19 heavy (non-hydrogen) atoms. The van der Waals surface area contributed by atoms with Crippen LogP contribution in [0.1, 0.15) is 13.8 Å². The van der Waals surface area contributed by atoms with Crippen LogP contribution in [0.2, 0.25) is 0 Å². The zero-order valence-corrected chi connectivity index (χ0v) is 11.1. The number of ether oxygens (including phenoxy) is 2. The molecular weight excluding hydrogens is 270 g/mol. The van der Waals surface area contributed by atoms with Crippen molar-refractivity contribution in [2.45, 2.75) is 19.1 Å². The van der Waals surface area contributed by atoms with Gasteiger partial charge in [-0.15, -0.1) is 0 Å². The Morgan fingerprint density at radius 1 is 1.21 bits per heavy atom. The van der Waals surface area contributed by atoms with Crippen LogP contribution in [0.25, 0.3) is 11.1 Å². The van der Waals surface area contributed by atoms with Crippen LogP contribution in [0.4, 0.5) is 0 Å². The van der Waals surface area contributed by atoms with Crippen molar-refractivity contribution in [3.8, 4) is 11.5 Å². The normalized spacial score (nSPS) is 10.5. The summed E-state index contributed by atoms with van der Waals surface area (Å²) in [6.07, 6.45) is 3.58. The van der Waals surface area contributed by atoms with Gasteiger partial charge in [-0.25, -0.2) is 4.98 Å². The van der Waals surface area contributed by atoms with Crippen LogP contribution in [-0.4, -0.2) is 16.9 Å². The molecule has 0 aliphatic rings. The van der Waals surface area contributed by atoms with E-state index in [4.69, 9.17) is 13.9 Å². The van der Waals surface area contributed by atoms with Crippen LogP contribution in [0, 0.1) is 6.26 Å². The van der Waals surface area contributed by atoms with Gasteiger partial charge in [-0.3, -0.25) is 9.59 Å². The first-order valence-electron chi connectivity index (χ1n) is 5.23. The van der Waals surface area contributed by atoms with E-state index >= 15 is 0 Å². The zero-order valence-electron chi connectivity index (χ0n) is 10.3. The predicted octanol–water partition coefficient (Wildman–Crippen LogP) is 2.56. The summed E-state index contributed by atoms with van der Waals surface area (Å²) in [5.74, 6) is -0.835. The van der Waals surface area contributed by atoms with Gasteiger partial charge in [-0.2, -0.15) is 0 Å². The molecule has 1 aromatic heterocycles. The second-order valence-corrected chi connectivity index (χ2v) is 4.22. The summed E-state index contributed by atoms with van der Waals surface area (Å²) in [6.45, 7) is 2.50. The topological polar surface area (TPSA) is 78.6 Å². The SMILES string of the molecule is [CH2]Sc1nc2cc(OC(C)=O)c(OC(C)=O)cc2o1. The second kappa shape index (κ2) is 5.31. The van der Waals surface area contributed by atoms with Gasteiger partial charge in [0.05, 0.1) is 0 Å². The number of hydrogen-bond acceptors (Lipinski definition) is 7. The Morgan fingerprint density at radius 3 is 2.32 bits per heavy atom. The molecule has 0 fully saturated rings. The smallest absolute Gasteiger partial charge is 0.308 e. The van der Waals surface area contributed by atoms with Crippen LogP contribution in [0.5, 0.6) is 11.5 Å². The average molecular weight is 280 g/mol. The molecule has 0 spiro atoms. The molecule has 0 N–H and O–H groups in total. The highest BCUT2D eigenvalue weighted by Gasteiger charge is 2.15. The average Bonchev–Trinajstić information content (AvgIpc) is 2.70. The summed E-state index contributed by atoms with van der Waals surface area (Å²) in [7, 11) is 0. The fourth-order valence-corrected chi connectivity index (χ4v) is 1.76. The number of oxazole rings is 1. The number of nitrogens with zero attached hydrogens (tertiary/aromatic N) is 1. The lowest BCUT2D eigenvalue weighted by molar-refractivity contribution is -0.134. The van der Waals surface area contributed by atoms with Crippen molar-refractivity contribution < 1.29 is 23.5 Å². The minimum absolute atomic E-state index is 0.104. The number of aromatic nitrogens is 1. The molecule has 0 amide bonds. The van der Waals surface area contributed by atoms with E-state index in [1.54, 1.807) is 0 Å². The van der Waals surface area contributed by atoms with E-state index in [1.807, 2.05) is 0 Å². The molecule has 0 aliphatic carbocycles. The molecular formula is C12H10NO5S. The summed E-state index contributed by atoms with van der Waals surface area (Å²) in [6, 6.07) is 2.92. The molecule has 2 aromatic rings. The van der Waals surface area contributed by atoms with Crippen molar-refractivity contribution in [3.63, 3.8) is 0 Å². The molecule has 0 saturated heterocycles. The third kappa shape index (κ3) is 3.05. The number of benzene rings is 1. The van der Waals surface area contributed by atoms with E-state index in [9.17, 15) is 9.59 Å². The Morgan fingerprint density at radius 2 is 1.79 bits per heavy atom. The van der Waals surface area contributed by atoms with E-state index < -0.39 is 11.9 Å². The van der Waals surface area contributed by atoms with Gasteiger partial charge < -0.3 is 13.9 Å². The van der Waals surface area contributed by atoms with Crippen LogP contribution in [-0.2, 0) is 9.59 Å². The molecule has 0 aliphatic heterocycles. The first-order valence-corrected chi connectivity index (χ1v) is 6.21. The first-order chi connectivity index (χ1) is 8.99. The third-order valence-electron chi connectivity index (χ3n) is 2.07. The van der Waals surface area contributed by atoms with Crippen molar-refractivity contribution in [1.29, 1.82) is 0 Å². The fraction of sp³-hybridized carbons (Fsp3) is 0.167. The molecule has 0 saturated carbocycles. The third-order valence-corrected chi connectivity index (χ3v) is 2.49. The van der Waals surface area contributed by atoms with Crippen molar-refractivity contribution in [2.75, 3.05) is 0 Å². The molecule has 1 aromatic carbocycles. The van der Waals surface area contributed by atoms with Gasteiger partial charge in [0.15, 0.2) is 17.1 Å². The van der Waals surface area contributed by atoms with Gasteiger partial charge in [0.1, 0.15) is 5.52 Å². The number of rotatable bonds is 3. The Balaban J connectivity index is 2.53. The molecule has 99 valence electrons. The van der Waals surface area contributed by atoms with E-state index in [1.165, 1.54) is 26.0 Å². The second-order valence-electron chi connectivity index (χ2n) is 3.58. The van der Waals surface area contributed by atoms with Gasteiger partial charge in [0, 0.05) is 32.2 Å². The predicted molar refractivity (Wildman–Crippen MR) is 67.8 cm³/mol. The van der Waals surface area contributed by atoms with Gasteiger partial charge >= 0.3 is 11.9 Å². The highest BCUT2D eigenvalue weighted by atomic mass is 32.2. The summed E-state index contributed by atoms with van der Waals surface area (Å²) in [5, 5.41) is 0.365. The molecule has 0 unspecified atom stereocenters. The van der Waals surface area contributed by atoms with Gasteiger partial charge in [0.2, 0.25) is 0 Å². The number of hydrogen-bond donors (Lipinski definition) is 0. The van der Waals surface area contributed by atoms with Gasteiger partial charge in [-0.1, -0.05) is 11.8 Å². The minimum Gasteiger partial charge on any atom is -0.431 e. The highest BCUT2D eigenvalue weighted by molar-refractivity contribution is 8.00. The van der Waals surface area contributed by atoms with E-state index in [2.05, 4.69) is 11.2 Å². The lowest BCUT2D eigenvalue weighted by Crippen LogP contribution is -2.07. The van der Waals surface area contributed by atoms with Crippen LogP contribution >= 0.6 is 11.8 Å². The van der Waals surface area contributed by atoms with Crippen molar-refractivity contribution in [2.24, 2.45) is 0 Å². The molecule has 0 atom stereocenters. The Hall–Kier alpha value is -2.02. The zero-order chi connectivity index (χ0) is 14.0. The quantitative estimate of drug-likeness (QED) is 0.485. The van der Waals surface area contributed by atoms with Crippen molar-refractivity contribution in [3.05, 3.63) is 18.4 Å². The molecule has 1 heterocycles. The largest absolute Gasteiger partial charge is 0.431 e. The minimum atomic E-state index is -0.529. The standard InChI is InChI=1S/C12H10NO5S/c1-6(14)16-10-4-8-9(18-12(13-8)19-3)5-11(10)17-7(2)15/h4-5H,3H2,1-2H3. The van der Waals surface area contributed by atoms with E-state index in [-0.39, 0.29) is 11.5 Å². The molecule has 1 radical (unpaired) electrons. The fourth-order valence-electron chi connectivity index (χ4n) is 1.45. The number of fused-ring (bicyclic) bond motifs is 1. The highest BCUT2D eigenvalue weighted by Crippen LogP contribution is 2.34. The van der Waals surface area contributed by atoms with Crippen LogP contribution < -0.4 is 9.47 Å². The Kier molecular flexibility index (Phi) is 3.75. The Labute approximate surface area is 113 Å². The molecule has 7 heteroatoms.